The summed E-state index contributed by atoms with van der Waals surface area (Å²) in [6, 6.07) is 0. The molecule has 0 N–H and O–H groups in total. The van der Waals surface area contributed by atoms with Crippen molar-refractivity contribution in [2.75, 3.05) is 0 Å². The van der Waals surface area contributed by atoms with Crippen LogP contribution in [0, 0.1) is 0 Å². The van der Waals surface area contributed by atoms with Crippen LogP contribution in [0.1, 0.15) is 7.43 Å². The highest BCUT2D eigenvalue weighted by Crippen LogP contribution is 1.99. The highest BCUT2D eigenvalue weighted by atomic mass is 127. The molecule has 0 aromatic carbocycles. The molecule has 0 aromatic heterocycles. The van der Waals surface area contributed by atoms with Crippen LogP contribution in [0.25, 0.3) is 0 Å². The summed E-state index contributed by atoms with van der Waals surface area (Å²) in [5, 5.41) is 0. The zero-order valence-electron chi connectivity index (χ0n) is 1.71. The topological polar surface area (TPSA) is 0 Å². The summed E-state index contributed by atoms with van der Waals surface area (Å²) in [5.74, 6) is 0. The van der Waals surface area contributed by atoms with E-state index in [0.29, 0.717) is 0 Å². The molecule has 0 aliphatic rings. The van der Waals surface area contributed by atoms with Gasteiger partial charge in [0.25, 0.3) is 4.43 Å². The minimum atomic E-state index is -2.20. The van der Waals surface area contributed by atoms with Gasteiger partial charge in [-0.25, -0.2) is 0 Å². The smallest absolute Gasteiger partial charge is 0.199 e. The monoisotopic (exact) mass is 194 g/mol. The van der Waals surface area contributed by atoms with E-state index in [-0.39, 0.29) is 7.43 Å². The maximum absolute atomic E-state index is 10.3. The van der Waals surface area contributed by atoms with Crippen LogP contribution in [0.3, 0.4) is 0 Å². The zero-order valence-corrected chi connectivity index (χ0v) is 3.87. The first-order valence-electron chi connectivity index (χ1n) is 0.655. The average molecular weight is 194 g/mol. The molecule has 0 aliphatic heterocycles. The van der Waals surface area contributed by atoms with Gasteiger partial charge in [-0.3, -0.25) is 0 Å². The summed E-state index contributed by atoms with van der Waals surface area (Å²) in [7, 11) is 0. The van der Waals surface area contributed by atoms with Gasteiger partial charge >= 0.3 is 0 Å². The minimum Gasteiger partial charge on any atom is -0.199 e. The van der Waals surface area contributed by atoms with Gasteiger partial charge < -0.3 is 0 Å². The minimum absolute atomic E-state index is 0. The van der Waals surface area contributed by atoms with Crippen molar-refractivity contribution in [3.05, 3.63) is 0 Å². The van der Waals surface area contributed by atoms with Crippen LogP contribution < -0.4 is 0 Å². The number of alkyl halides is 3. The highest BCUT2D eigenvalue weighted by Gasteiger charge is 1.82. The van der Waals surface area contributed by atoms with Gasteiger partial charge in [-0.15, -0.1) is 0 Å². The fourth-order valence-electron chi connectivity index (χ4n) is 0. The number of halogens is 3. The zero-order chi connectivity index (χ0) is 3.58. The van der Waals surface area contributed by atoms with Crippen molar-refractivity contribution < 1.29 is 8.78 Å². The van der Waals surface area contributed by atoms with Crippen LogP contribution in [0.2, 0.25) is 0 Å². The number of hydrogen-bond donors (Lipinski definition) is 0. The molecule has 0 nitrogen and oxygen atoms in total. The fourth-order valence-corrected chi connectivity index (χ4v) is 0. The molecule has 0 atom stereocenters. The normalized spacial score (nSPS) is 7.20. The Morgan fingerprint density at radius 3 is 1.40 bits per heavy atom. The Labute approximate surface area is 43.7 Å². The van der Waals surface area contributed by atoms with Crippen molar-refractivity contribution in [2.24, 2.45) is 0 Å². The molecule has 0 radical (unpaired) electrons. The lowest BCUT2D eigenvalue weighted by Crippen LogP contribution is -1.60. The third-order valence-electron chi connectivity index (χ3n) is 0. The highest BCUT2D eigenvalue weighted by molar-refractivity contribution is 14.1. The van der Waals surface area contributed by atoms with E-state index >= 15 is 0 Å². The Balaban J connectivity index is 0. The molecule has 0 aliphatic carbocycles. The standard InChI is InChI=1S/CHF2I.CH4/c2-1(3)4;/h1H;1H4. The van der Waals surface area contributed by atoms with Crippen molar-refractivity contribution >= 4 is 22.6 Å². The van der Waals surface area contributed by atoms with Gasteiger partial charge in [0.1, 0.15) is 0 Å². The molecular weight excluding hydrogens is 189 g/mol. The third kappa shape index (κ3) is 88.5. The first-order chi connectivity index (χ1) is 1.73. The number of rotatable bonds is 0. The summed E-state index contributed by atoms with van der Waals surface area (Å²) >= 11 is 1.01. The van der Waals surface area contributed by atoms with Gasteiger partial charge in [0.05, 0.1) is 0 Å². The van der Waals surface area contributed by atoms with Gasteiger partial charge in [0.2, 0.25) is 0 Å². The predicted molar refractivity (Wildman–Crippen MR) is 26.8 cm³/mol. The lowest BCUT2D eigenvalue weighted by molar-refractivity contribution is 0.271. The van der Waals surface area contributed by atoms with Gasteiger partial charge in [0.15, 0.2) is 0 Å². The first kappa shape index (κ1) is 9.14. The van der Waals surface area contributed by atoms with E-state index in [1.165, 1.54) is 0 Å². The Hall–Kier alpha value is 0.590. The molecule has 0 spiro atoms. The van der Waals surface area contributed by atoms with Crippen molar-refractivity contribution in [3.8, 4) is 0 Å². The Morgan fingerprint density at radius 2 is 1.40 bits per heavy atom. The molecule has 5 heavy (non-hydrogen) atoms. The van der Waals surface area contributed by atoms with Crippen LogP contribution in [-0.2, 0) is 0 Å². The Morgan fingerprint density at radius 1 is 1.40 bits per heavy atom. The summed E-state index contributed by atoms with van der Waals surface area (Å²) in [5.41, 5.74) is 0. The van der Waals surface area contributed by atoms with E-state index in [0.717, 1.165) is 22.6 Å². The largest absolute Gasteiger partial charge is 0.287 e. The second kappa shape index (κ2) is 4.59. The molecular formula is C2H5F2I. The molecule has 34 valence electrons. The van der Waals surface area contributed by atoms with Gasteiger partial charge in [-0.05, 0) is 22.6 Å². The van der Waals surface area contributed by atoms with E-state index in [2.05, 4.69) is 0 Å². The second-order valence-electron chi connectivity index (χ2n) is 0.247. The second-order valence-corrected chi connectivity index (χ2v) is 1.19. The summed E-state index contributed by atoms with van der Waals surface area (Å²) in [6.07, 6.45) is 0. The first-order valence-corrected chi connectivity index (χ1v) is 1.90. The van der Waals surface area contributed by atoms with Gasteiger partial charge in [0, 0.05) is 0 Å². The summed E-state index contributed by atoms with van der Waals surface area (Å²) < 4.78 is 18.4. The maximum Gasteiger partial charge on any atom is 0.287 e. The van der Waals surface area contributed by atoms with Crippen molar-refractivity contribution in [1.29, 1.82) is 0 Å². The van der Waals surface area contributed by atoms with Crippen molar-refractivity contribution in [3.63, 3.8) is 0 Å². The van der Waals surface area contributed by atoms with Crippen molar-refractivity contribution in [2.45, 2.75) is 11.9 Å². The van der Waals surface area contributed by atoms with E-state index in [1.807, 2.05) is 0 Å². The van der Waals surface area contributed by atoms with Crippen LogP contribution in [0.15, 0.2) is 0 Å². The molecule has 0 rings (SSSR count). The quantitative estimate of drug-likeness (QED) is 0.409. The number of hydrogen-bond acceptors (Lipinski definition) is 0. The maximum atomic E-state index is 10.3. The average Bonchev–Trinajstić information content (AvgIpc) is 0.811. The van der Waals surface area contributed by atoms with Gasteiger partial charge in [-0.1, -0.05) is 7.43 Å². The Bertz CT molecular complexity index is 12.4. The molecule has 0 heterocycles. The molecule has 0 aromatic rings. The molecule has 0 saturated carbocycles. The lowest BCUT2D eigenvalue weighted by atomic mass is 11.7. The molecule has 0 bridgehead atoms. The lowest BCUT2D eigenvalue weighted by Gasteiger charge is -1.67. The van der Waals surface area contributed by atoms with E-state index in [4.69, 9.17) is 0 Å². The van der Waals surface area contributed by atoms with Crippen LogP contribution in [0.5, 0.6) is 0 Å². The van der Waals surface area contributed by atoms with E-state index < -0.39 is 4.43 Å². The predicted octanol–water partition coefficient (Wildman–Crippen LogP) is 2.28. The fraction of sp³-hybridized carbons (Fsp3) is 1.00. The van der Waals surface area contributed by atoms with Crippen LogP contribution >= 0.6 is 22.6 Å². The third-order valence-corrected chi connectivity index (χ3v) is 0. The molecule has 0 saturated heterocycles. The summed E-state index contributed by atoms with van der Waals surface area (Å²) in [6.45, 7) is 0. The van der Waals surface area contributed by atoms with Crippen molar-refractivity contribution in [1.82, 2.24) is 0 Å². The SMILES string of the molecule is C.FC(F)I. The van der Waals surface area contributed by atoms with E-state index in [9.17, 15) is 8.78 Å². The Kier molecular flexibility index (Phi) is 8.39. The van der Waals surface area contributed by atoms with Crippen LogP contribution in [0.4, 0.5) is 8.78 Å². The summed E-state index contributed by atoms with van der Waals surface area (Å²) in [4.78, 5) is 0. The van der Waals surface area contributed by atoms with Gasteiger partial charge in [-0.2, -0.15) is 8.78 Å². The molecule has 3 heteroatoms. The van der Waals surface area contributed by atoms with Crippen LogP contribution in [-0.4, -0.2) is 4.43 Å². The van der Waals surface area contributed by atoms with E-state index in [1.54, 1.807) is 0 Å². The molecule has 0 fully saturated rings. The molecule has 0 unspecified atom stereocenters. The molecule has 0 amide bonds.